The van der Waals surface area contributed by atoms with Gasteiger partial charge in [0.2, 0.25) is 0 Å². The summed E-state index contributed by atoms with van der Waals surface area (Å²) in [5, 5.41) is 3.62. The molecule has 0 aliphatic heterocycles. The predicted molar refractivity (Wildman–Crippen MR) is 90.5 cm³/mol. The molecule has 0 amide bonds. The SMILES string of the molecule is CCNC(c1ccccc1SC)c1cc(Br)sc1C. The molecule has 1 N–H and O–H groups in total. The van der Waals surface area contributed by atoms with Gasteiger partial charge in [-0.3, -0.25) is 0 Å². The van der Waals surface area contributed by atoms with Crippen LogP contribution in [0.25, 0.3) is 0 Å². The number of aryl methyl sites for hydroxylation is 1. The summed E-state index contributed by atoms with van der Waals surface area (Å²) in [4.78, 5) is 2.71. The zero-order valence-corrected chi connectivity index (χ0v) is 14.6. The van der Waals surface area contributed by atoms with Crippen LogP contribution >= 0.6 is 39.0 Å². The van der Waals surface area contributed by atoms with E-state index in [2.05, 4.69) is 71.7 Å². The second kappa shape index (κ2) is 6.93. The molecular weight excluding hydrogens is 338 g/mol. The van der Waals surface area contributed by atoms with Crippen molar-refractivity contribution in [3.05, 3.63) is 50.1 Å². The molecule has 0 aliphatic carbocycles. The van der Waals surface area contributed by atoms with Crippen LogP contribution in [0.2, 0.25) is 0 Å². The van der Waals surface area contributed by atoms with Crippen molar-refractivity contribution < 1.29 is 0 Å². The van der Waals surface area contributed by atoms with E-state index in [-0.39, 0.29) is 6.04 Å². The van der Waals surface area contributed by atoms with Gasteiger partial charge >= 0.3 is 0 Å². The highest BCUT2D eigenvalue weighted by Crippen LogP contribution is 2.36. The molecule has 0 radical (unpaired) electrons. The van der Waals surface area contributed by atoms with E-state index in [1.165, 1.54) is 24.7 Å². The van der Waals surface area contributed by atoms with Crippen LogP contribution in [0.1, 0.15) is 29.0 Å². The summed E-state index contributed by atoms with van der Waals surface area (Å²) in [5.74, 6) is 0. The third-order valence-corrected chi connectivity index (χ3v) is 5.48. The van der Waals surface area contributed by atoms with Gasteiger partial charge in [-0.1, -0.05) is 25.1 Å². The number of hydrogen-bond donors (Lipinski definition) is 1. The van der Waals surface area contributed by atoms with Gasteiger partial charge in [0, 0.05) is 9.77 Å². The molecule has 0 bridgehead atoms. The number of halogens is 1. The predicted octanol–water partition coefficient (Wildman–Crippen LogP) is 5.24. The molecule has 1 heterocycles. The highest BCUT2D eigenvalue weighted by molar-refractivity contribution is 9.11. The molecule has 4 heteroatoms. The van der Waals surface area contributed by atoms with Gasteiger partial charge in [-0.05, 0) is 58.9 Å². The highest BCUT2D eigenvalue weighted by atomic mass is 79.9. The van der Waals surface area contributed by atoms with Gasteiger partial charge in [-0.2, -0.15) is 0 Å². The highest BCUT2D eigenvalue weighted by Gasteiger charge is 2.19. The van der Waals surface area contributed by atoms with E-state index in [1.54, 1.807) is 11.3 Å². The van der Waals surface area contributed by atoms with Crippen molar-refractivity contribution in [2.24, 2.45) is 0 Å². The van der Waals surface area contributed by atoms with Gasteiger partial charge in [0.25, 0.3) is 0 Å². The zero-order valence-electron chi connectivity index (χ0n) is 11.4. The molecule has 2 aromatic rings. The van der Waals surface area contributed by atoms with E-state index in [0.717, 1.165) is 6.54 Å². The maximum Gasteiger partial charge on any atom is 0.0704 e. The number of thiophene rings is 1. The molecule has 0 saturated carbocycles. The van der Waals surface area contributed by atoms with Crippen molar-refractivity contribution in [3.63, 3.8) is 0 Å². The topological polar surface area (TPSA) is 12.0 Å². The first-order valence-corrected chi connectivity index (χ1v) is 9.13. The van der Waals surface area contributed by atoms with Crippen molar-refractivity contribution in [2.75, 3.05) is 12.8 Å². The maximum atomic E-state index is 3.62. The van der Waals surface area contributed by atoms with Crippen LogP contribution < -0.4 is 5.32 Å². The van der Waals surface area contributed by atoms with Crippen LogP contribution in [0.3, 0.4) is 0 Å². The first-order chi connectivity index (χ1) is 9.17. The Morgan fingerprint density at radius 1 is 1.32 bits per heavy atom. The molecule has 0 fully saturated rings. The Morgan fingerprint density at radius 3 is 2.63 bits per heavy atom. The minimum Gasteiger partial charge on any atom is -0.306 e. The zero-order chi connectivity index (χ0) is 13.8. The Labute approximate surface area is 131 Å². The third-order valence-electron chi connectivity index (χ3n) is 3.10. The molecule has 0 spiro atoms. The average Bonchev–Trinajstić information content (AvgIpc) is 2.75. The molecule has 1 aromatic heterocycles. The fraction of sp³-hybridized carbons (Fsp3) is 0.333. The van der Waals surface area contributed by atoms with E-state index < -0.39 is 0 Å². The molecule has 19 heavy (non-hydrogen) atoms. The fourth-order valence-electron chi connectivity index (χ4n) is 2.24. The van der Waals surface area contributed by atoms with Crippen molar-refractivity contribution >= 4 is 39.0 Å². The summed E-state index contributed by atoms with van der Waals surface area (Å²) in [6, 6.07) is 11.2. The molecule has 1 aromatic carbocycles. The van der Waals surface area contributed by atoms with Crippen LogP contribution in [-0.4, -0.2) is 12.8 Å². The molecule has 0 aliphatic rings. The lowest BCUT2D eigenvalue weighted by atomic mass is 9.99. The average molecular weight is 356 g/mol. The Hall–Kier alpha value is -0.290. The minimum absolute atomic E-state index is 0.274. The first kappa shape index (κ1) is 15.1. The Morgan fingerprint density at radius 2 is 2.05 bits per heavy atom. The second-order valence-electron chi connectivity index (χ2n) is 4.29. The summed E-state index contributed by atoms with van der Waals surface area (Å²) < 4.78 is 1.20. The van der Waals surface area contributed by atoms with Gasteiger partial charge < -0.3 is 5.32 Å². The Bertz CT molecular complexity index is 551. The lowest BCUT2D eigenvalue weighted by molar-refractivity contribution is 0.621. The smallest absolute Gasteiger partial charge is 0.0704 e. The number of rotatable bonds is 5. The van der Waals surface area contributed by atoms with Crippen LogP contribution in [-0.2, 0) is 0 Å². The van der Waals surface area contributed by atoms with E-state index >= 15 is 0 Å². The largest absolute Gasteiger partial charge is 0.306 e. The molecule has 1 atom stereocenters. The van der Waals surface area contributed by atoms with Gasteiger partial charge in [-0.25, -0.2) is 0 Å². The molecular formula is C15H18BrNS2. The summed E-state index contributed by atoms with van der Waals surface area (Å²) >= 11 is 7.21. The lowest BCUT2D eigenvalue weighted by Crippen LogP contribution is -2.22. The number of thioether (sulfide) groups is 1. The van der Waals surface area contributed by atoms with Crippen LogP contribution in [0, 0.1) is 6.92 Å². The second-order valence-corrected chi connectivity index (χ2v) is 7.78. The van der Waals surface area contributed by atoms with Crippen LogP contribution in [0.5, 0.6) is 0 Å². The summed E-state index contributed by atoms with van der Waals surface area (Å²) in [6.45, 7) is 5.31. The third kappa shape index (κ3) is 3.43. The van der Waals surface area contributed by atoms with E-state index in [0.29, 0.717) is 0 Å². The summed E-state index contributed by atoms with van der Waals surface area (Å²) in [6.07, 6.45) is 2.14. The van der Waals surface area contributed by atoms with Crippen molar-refractivity contribution in [2.45, 2.75) is 24.8 Å². The summed E-state index contributed by atoms with van der Waals surface area (Å²) in [7, 11) is 0. The van der Waals surface area contributed by atoms with Crippen molar-refractivity contribution in [1.82, 2.24) is 5.32 Å². The molecule has 0 saturated heterocycles. The standard InChI is InChI=1S/C15H18BrNS2/c1-4-17-15(12-9-14(16)19-10(12)2)11-7-5-6-8-13(11)18-3/h5-9,15,17H,4H2,1-3H3. The lowest BCUT2D eigenvalue weighted by Gasteiger charge is -2.21. The van der Waals surface area contributed by atoms with Gasteiger partial charge in [0.1, 0.15) is 0 Å². The van der Waals surface area contributed by atoms with Crippen LogP contribution in [0.4, 0.5) is 0 Å². The van der Waals surface area contributed by atoms with Gasteiger partial charge in [-0.15, -0.1) is 23.1 Å². The van der Waals surface area contributed by atoms with Crippen molar-refractivity contribution in [3.8, 4) is 0 Å². The van der Waals surface area contributed by atoms with E-state index in [4.69, 9.17) is 0 Å². The normalized spacial score (nSPS) is 12.6. The summed E-state index contributed by atoms with van der Waals surface area (Å²) in [5.41, 5.74) is 2.74. The monoisotopic (exact) mass is 355 g/mol. The number of benzene rings is 1. The van der Waals surface area contributed by atoms with Crippen LogP contribution in [0.15, 0.2) is 39.0 Å². The minimum atomic E-state index is 0.274. The molecule has 102 valence electrons. The first-order valence-electron chi connectivity index (χ1n) is 6.29. The molecule has 1 unspecified atom stereocenters. The van der Waals surface area contributed by atoms with Crippen molar-refractivity contribution in [1.29, 1.82) is 0 Å². The molecule has 1 nitrogen and oxygen atoms in total. The Kier molecular flexibility index (Phi) is 5.51. The van der Waals surface area contributed by atoms with E-state index in [9.17, 15) is 0 Å². The fourth-order valence-corrected chi connectivity index (χ4v) is 4.63. The van der Waals surface area contributed by atoms with E-state index in [1.807, 2.05) is 11.8 Å². The quantitative estimate of drug-likeness (QED) is 0.736. The Balaban J connectivity index is 2.48. The van der Waals surface area contributed by atoms with Gasteiger partial charge in [0.15, 0.2) is 0 Å². The number of nitrogens with one attached hydrogen (secondary N) is 1. The van der Waals surface area contributed by atoms with Gasteiger partial charge in [0.05, 0.1) is 9.83 Å². The molecule has 2 rings (SSSR count). The maximum absolute atomic E-state index is 3.62. The number of hydrogen-bond acceptors (Lipinski definition) is 3.